The van der Waals surface area contributed by atoms with Crippen molar-refractivity contribution in [2.45, 2.75) is 18.7 Å². The second kappa shape index (κ2) is 7.47. The summed E-state index contributed by atoms with van der Waals surface area (Å²) in [7, 11) is -3.74. The largest absolute Gasteiger partial charge is 0.398 e. The van der Waals surface area contributed by atoms with Gasteiger partial charge in [0.2, 0.25) is 10.0 Å². The molecule has 0 spiro atoms. The van der Waals surface area contributed by atoms with Crippen molar-refractivity contribution in [3.63, 3.8) is 0 Å². The highest BCUT2D eigenvalue weighted by Gasteiger charge is 2.21. The minimum atomic E-state index is -3.74. The van der Waals surface area contributed by atoms with Gasteiger partial charge in [-0.2, -0.15) is 0 Å². The third-order valence-electron chi connectivity index (χ3n) is 2.92. The summed E-state index contributed by atoms with van der Waals surface area (Å²) in [5, 5.41) is 0.319. The first-order valence-electron chi connectivity index (χ1n) is 6.28. The highest BCUT2D eigenvalue weighted by molar-refractivity contribution is 7.89. The van der Waals surface area contributed by atoms with Crippen molar-refractivity contribution in [1.29, 1.82) is 0 Å². The van der Waals surface area contributed by atoms with E-state index in [1.165, 1.54) is 12.1 Å². The second-order valence-electron chi connectivity index (χ2n) is 4.23. The molecule has 0 saturated carbocycles. The molecule has 1 rings (SSSR count). The van der Waals surface area contributed by atoms with Crippen LogP contribution in [0.4, 0.5) is 5.69 Å². The Hall–Kier alpha value is -0.530. The Morgan fingerprint density at radius 1 is 1.25 bits per heavy atom. The molecule has 114 valence electrons. The van der Waals surface area contributed by atoms with E-state index in [2.05, 4.69) is 9.62 Å². The molecule has 1 aromatic rings. The predicted molar refractivity (Wildman–Crippen MR) is 83.9 cm³/mol. The van der Waals surface area contributed by atoms with Crippen LogP contribution in [0.15, 0.2) is 17.0 Å². The van der Waals surface area contributed by atoms with Gasteiger partial charge in [0, 0.05) is 18.1 Å². The van der Waals surface area contributed by atoms with E-state index in [0.717, 1.165) is 13.1 Å². The number of nitrogen functional groups attached to an aromatic ring is 1. The lowest BCUT2D eigenvalue weighted by molar-refractivity contribution is 0.309. The van der Waals surface area contributed by atoms with E-state index in [1.54, 1.807) is 0 Å². The van der Waals surface area contributed by atoms with E-state index in [1.807, 2.05) is 13.8 Å². The first-order valence-corrected chi connectivity index (χ1v) is 8.52. The van der Waals surface area contributed by atoms with Crippen LogP contribution in [0.25, 0.3) is 0 Å². The molecule has 0 saturated heterocycles. The monoisotopic (exact) mass is 339 g/mol. The number of likely N-dealkylation sites (N-methyl/N-ethyl adjacent to an activating group) is 1. The van der Waals surface area contributed by atoms with Crippen LogP contribution < -0.4 is 10.5 Å². The molecule has 0 fully saturated rings. The van der Waals surface area contributed by atoms with Gasteiger partial charge in [0.15, 0.2) is 0 Å². The van der Waals surface area contributed by atoms with E-state index in [-0.39, 0.29) is 15.6 Å². The van der Waals surface area contributed by atoms with Crippen molar-refractivity contribution in [2.24, 2.45) is 0 Å². The van der Waals surface area contributed by atoms with Gasteiger partial charge in [0.1, 0.15) is 4.90 Å². The fourth-order valence-electron chi connectivity index (χ4n) is 1.81. The number of hydrogen-bond acceptors (Lipinski definition) is 4. The average Bonchev–Trinajstić information content (AvgIpc) is 2.32. The van der Waals surface area contributed by atoms with E-state index in [4.69, 9.17) is 28.9 Å². The number of hydrogen-bond donors (Lipinski definition) is 2. The Labute approximate surface area is 130 Å². The zero-order valence-electron chi connectivity index (χ0n) is 11.5. The topological polar surface area (TPSA) is 75.4 Å². The zero-order valence-corrected chi connectivity index (χ0v) is 13.8. The number of anilines is 1. The third kappa shape index (κ3) is 4.49. The van der Waals surface area contributed by atoms with Crippen LogP contribution in [0.2, 0.25) is 10.0 Å². The summed E-state index contributed by atoms with van der Waals surface area (Å²) in [6.07, 6.45) is 0. The molecule has 5 nitrogen and oxygen atoms in total. The van der Waals surface area contributed by atoms with Crippen molar-refractivity contribution < 1.29 is 8.42 Å². The van der Waals surface area contributed by atoms with Crippen LogP contribution in [0, 0.1) is 0 Å². The van der Waals surface area contributed by atoms with Crippen molar-refractivity contribution in [1.82, 2.24) is 9.62 Å². The van der Waals surface area contributed by atoms with E-state index < -0.39 is 10.0 Å². The number of benzene rings is 1. The maximum Gasteiger partial charge on any atom is 0.244 e. The quantitative estimate of drug-likeness (QED) is 0.746. The Bertz CT molecular complexity index is 537. The van der Waals surface area contributed by atoms with Crippen molar-refractivity contribution in [3.8, 4) is 0 Å². The molecule has 0 aliphatic heterocycles. The van der Waals surface area contributed by atoms with Crippen molar-refractivity contribution in [2.75, 3.05) is 31.9 Å². The molecule has 8 heteroatoms. The summed E-state index contributed by atoms with van der Waals surface area (Å²) in [5.41, 5.74) is 5.73. The molecule has 0 bridgehead atoms. The molecule has 0 aromatic heterocycles. The lowest BCUT2D eigenvalue weighted by atomic mass is 10.3. The first-order chi connectivity index (χ1) is 9.31. The van der Waals surface area contributed by atoms with E-state index >= 15 is 0 Å². The first kappa shape index (κ1) is 17.5. The maximum absolute atomic E-state index is 12.2. The van der Waals surface area contributed by atoms with Crippen molar-refractivity contribution >= 4 is 38.9 Å². The third-order valence-corrected chi connectivity index (χ3v) is 5.13. The highest BCUT2D eigenvalue weighted by atomic mass is 35.5. The number of halogens is 2. The molecule has 0 atom stereocenters. The van der Waals surface area contributed by atoms with Crippen LogP contribution in [0.3, 0.4) is 0 Å². The van der Waals surface area contributed by atoms with E-state index in [0.29, 0.717) is 18.1 Å². The molecule has 3 N–H and O–H groups in total. The molecular formula is C12H19Cl2N3O2S. The minimum absolute atomic E-state index is 0.0188. The van der Waals surface area contributed by atoms with Crippen LogP contribution in [0.5, 0.6) is 0 Å². The molecule has 1 aromatic carbocycles. The lowest BCUT2D eigenvalue weighted by Crippen LogP contribution is -2.35. The fraction of sp³-hybridized carbons (Fsp3) is 0.500. The summed E-state index contributed by atoms with van der Waals surface area (Å²) in [4.78, 5) is 1.98. The standard InChI is InChI=1S/C12H19Cl2N3O2S/c1-3-17(4-2)6-5-16-20(18,19)12-10(14)7-9(13)8-11(12)15/h7-8,16H,3-6,15H2,1-2H3. The van der Waals surface area contributed by atoms with E-state index in [9.17, 15) is 8.42 Å². The Kier molecular flexibility index (Phi) is 6.54. The minimum Gasteiger partial charge on any atom is -0.398 e. The summed E-state index contributed by atoms with van der Waals surface area (Å²) in [6, 6.07) is 2.73. The molecule has 0 aliphatic carbocycles. The smallest absolute Gasteiger partial charge is 0.244 e. The van der Waals surface area contributed by atoms with Gasteiger partial charge in [-0.3, -0.25) is 0 Å². The van der Waals surface area contributed by atoms with Gasteiger partial charge in [-0.1, -0.05) is 37.0 Å². The SMILES string of the molecule is CCN(CC)CCNS(=O)(=O)c1c(N)cc(Cl)cc1Cl. The summed E-state index contributed by atoms with van der Waals surface area (Å²) in [5.74, 6) is 0. The van der Waals surface area contributed by atoms with Gasteiger partial charge in [-0.25, -0.2) is 13.1 Å². The van der Waals surface area contributed by atoms with Gasteiger partial charge >= 0.3 is 0 Å². The van der Waals surface area contributed by atoms with Crippen LogP contribution in [0.1, 0.15) is 13.8 Å². The fourth-order valence-corrected chi connectivity index (χ4v) is 3.82. The molecule has 0 amide bonds. The van der Waals surface area contributed by atoms with Gasteiger partial charge < -0.3 is 10.6 Å². The number of sulfonamides is 1. The molecule has 20 heavy (non-hydrogen) atoms. The second-order valence-corrected chi connectivity index (χ2v) is 6.78. The number of nitrogens with one attached hydrogen (secondary N) is 1. The van der Waals surface area contributed by atoms with Crippen LogP contribution >= 0.6 is 23.2 Å². The molecule has 0 unspecified atom stereocenters. The van der Waals surface area contributed by atoms with Gasteiger partial charge in [-0.15, -0.1) is 0 Å². The molecule has 0 heterocycles. The molecule has 0 radical (unpaired) electrons. The van der Waals surface area contributed by atoms with Crippen LogP contribution in [-0.4, -0.2) is 39.5 Å². The Balaban J connectivity index is 2.85. The van der Waals surface area contributed by atoms with Gasteiger partial charge in [0.05, 0.1) is 10.7 Å². The lowest BCUT2D eigenvalue weighted by Gasteiger charge is -2.18. The summed E-state index contributed by atoms with van der Waals surface area (Å²) in [6.45, 7) is 6.68. The summed E-state index contributed by atoms with van der Waals surface area (Å²) >= 11 is 11.7. The zero-order chi connectivity index (χ0) is 15.3. The Morgan fingerprint density at radius 3 is 2.35 bits per heavy atom. The Morgan fingerprint density at radius 2 is 1.85 bits per heavy atom. The van der Waals surface area contributed by atoms with Gasteiger partial charge in [0.25, 0.3) is 0 Å². The maximum atomic E-state index is 12.2. The van der Waals surface area contributed by atoms with Gasteiger partial charge in [-0.05, 0) is 25.2 Å². The van der Waals surface area contributed by atoms with Crippen molar-refractivity contribution in [3.05, 3.63) is 22.2 Å². The number of nitrogens with zero attached hydrogens (tertiary/aromatic N) is 1. The summed E-state index contributed by atoms with van der Waals surface area (Å²) < 4.78 is 26.9. The van der Waals surface area contributed by atoms with Crippen LogP contribution in [-0.2, 0) is 10.0 Å². The average molecular weight is 340 g/mol. The number of rotatable bonds is 7. The predicted octanol–water partition coefficient (Wildman–Crippen LogP) is 2.20. The normalized spacial score (nSPS) is 12.1. The highest BCUT2D eigenvalue weighted by Crippen LogP contribution is 2.30. The number of nitrogens with two attached hydrogens (primary N) is 1. The molecular weight excluding hydrogens is 321 g/mol. The molecule has 0 aliphatic rings.